The summed E-state index contributed by atoms with van der Waals surface area (Å²) in [4.78, 5) is 19.9. The predicted octanol–water partition coefficient (Wildman–Crippen LogP) is 4.19. The second-order valence-corrected chi connectivity index (χ2v) is 8.10. The molecule has 156 valence electrons. The number of methoxy groups -OCH3 is 1. The Labute approximate surface area is 178 Å². The lowest BCUT2D eigenvalue weighted by molar-refractivity contribution is 0.0945. The number of piperidine rings is 1. The molecule has 6 heteroatoms. The molecule has 3 rings (SSSR count). The van der Waals surface area contributed by atoms with Crippen LogP contribution in [0.15, 0.2) is 36.4 Å². The largest absolute Gasteiger partial charge is 0.385 e. The second kappa shape index (κ2) is 10.7. The maximum absolute atomic E-state index is 12.7. The lowest BCUT2D eigenvalue weighted by Crippen LogP contribution is -2.34. The quantitative estimate of drug-likeness (QED) is 0.657. The molecule has 29 heavy (non-hydrogen) atoms. The highest BCUT2D eigenvalue weighted by Crippen LogP contribution is 2.30. The number of nitrogens with one attached hydrogen (secondary N) is 1. The molecule has 0 unspecified atom stereocenters. The summed E-state index contributed by atoms with van der Waals surface area (Å²) >= 11 is 5.98. The highest BCUT2D eigenvalue weighted by atomic mass is 35.5. The Morgan fingerprint density at radius 3 is 2.62 bits per heavy atom. The van der Waals surface area contributed by atoms with Gasteiger partial charge in [-0.3, -0.25) is 14.7 Å². The standard InChI is InChI=1S/C23H30ClN3O2/c1-17-4-9-21(23(28)25-12-3-15-29-2)22(26-17)19-10-13-27(14-11-19)16-18-5-7-20(24)8-6-18/h4-9,19H,3,10-16H2,1-2H3,(H,25,28). The maximum Gasteiger partial charge on any atom is 0.253 e. The average Bonchev–Trinajstić information content (AvgIpc) is 2.73. The van der Waals surface area contributed by atoms with E-state index in [1.54, 1.807) is 7.11 Å². The van der Waals surface area contributed by atoms with Gasteiger partial charge in [-0.1, -0.05) is 23.7 Å². The number of likely N-dealkylation sites (tertiary alicyclic amines) is 1. The van der Waals surface area contributed by atoms with Crippen molar-refractivity contribution < 1.29 is 9.53 Å². The first kappa shape index (κ1) is 21.8. The van der Waals surface area contributed by atoms with Crippen molar-refractivity contribution in [2.75, 3.05) is 33.4 Å². The van der Waals surface area contributed by atoms with Crippen molar-refractivity contribution in [3.05, 3.63) is 63.9 Å². The van der Waals surface area contributed by atoms with Crippen molar-refractivity contribution in [3.63, 3.8) is 0 Å². The number of rotatable bonds is 8. The van der Waals surface area contributed by atoms with Gasteiger partial charge < -0.3 is 10.1 Å². The van der Waals surface area contributed by atoms with E-state index in [4.69, 9.17) is 21.3 Å². The van der Waals surface area contributed by atoms with Crippen molar-refractivity contribution in [2.24, 2.45) is 0 Å². The molecule has 1 amide bonds. The van der Waals surface area contributed by atoms with Crippen LogP contribution in [0.1, 0.15) is 52.5 Å². The van der Waals surface area contributed by atoms with Crippen LogP contribution in [0.5, 0.6) is 0 Å². The van der Waals surface area contributed by atoms with Gasteiger partial charge in [0.05, 0.1) is 11.3 Å². The fourth-order valence-corrected chi connectivity index (χ4v) is 3.93. The van der Waals surface area contributed by atoms with E-state index in [2.05, 4.69) is 22.3 Å². The van der Waals surface area contributed by atoms with Gasteiger partial charge in [0.2, 0.25) is 0 Å². The van der Waals surface area contributed by atoms with Crippen molar-refractivity contribution in [3.8, 4) is 0 Å². The molecule has 2 aromatic rings. The smallest absolute Gasteiger partial charge is 0.253 e. The van der Waals surface area contributed by atoms with Crippen molar-refractivity contribution in [2.45, 2.75) is 38.6 Å². The zero-order valence-corrected chi connectivity index (χ0v) is 18.0. The van der Waals surface area contributed by atoms with Gasteiger partial charge in [0, 0.05) is 43.4 Å². The number of aromatic nitrogens is 1. The summed E-state index contributed by atoms with van der Waals surface area (Å²) < 4.78 is 5.05. The summed E-state index contributed by atoms with van der Waals surface area (Å²) in [5, 5.41) is 3.77. The van der Waals surface area contributed by atoms with Crippen LogP contribution in [-0.4, -0.2) is 49.1 Å². The first-order valence-corrected chi connectivity index (χ1v) is 10.7. The minimum absolute atomic E-state index is 0.0350. The van der Waals surface area contributed by atoms with Crippen molar-refractivity contribution >= 4 is 17.5 Å². The number of nitrogens with zero attached hydrogens (tertiary/aromatic N) is 2. The van der Waals surface area contributed by atoms with Gasteiger partial charge in [0.1, 0.15) is 0 Å². The predicted molar refractivity (Wildman–Crippen MR) is 117 cm³/mol. The van der Waals surface area contributed by atoms with Crippen LogP contribution in [0.2, 0.25) is 5.02 Å². The Morgan fingerprint density at radius 2 is 1.93 bits per heavy atom. The molecule has 1 aromatic heterocycles. The van der Waals surface area contributed by atoms with Gasteiger partial charge in [-0.2, -0.15) is 0 Å². The zero-order chi connectivity index (χ0) is 20.6. The molecule has 0 spiro atoms. The van der Waals surface area contributed by atoms with Crippen LogP contribution in [-0.2, 0) is 11.3 Å². The van der Waals surface area contributed by atoms with Gasteiger partial charge in [-0.05, 0) is 69.1 Å². The van der Waals surface area contributed by atoms with E-state index >= 15 is 0 Å². The van der Waals surface area contributed by atoms with Gasteiger partial charge in [-0.25, -0.2) is 0 Å². The molecule has 1 saturated heterocycles. The van der Waals surface area contributed by atoms with E-state index in [9.17, 15) is 4.79 Å². The summed E-state index contributed by atoms with van der Waals surface area (Å²) in [5.74, 6) is 0.281. The lowest BCUT2D eigenvalue weighted by atomic mass is 9.89. The first-order valence-electron chi connectivity index (χ1n) is 10.3. The molecule has 2 heterocycles. The van der Waals surface area contributed by atoms with Crippen LogP contribution < -0.4 is 5.32 Å². The summed E-state index contributed by atoms with van der Waals surface area (Å²) in [6.07, 6.45) is 2.82. The molecule has 1 fully saturated rings. The minimum atomic E-state index is -0.0350. The third-order valence-electron chi connectivity index (χ3n) is 5.41. The molecular weight excluding hydrogens is 386 g/mol. The fraction of sp³-hybridized carbons (Fsp3) is 0.478. The van der Waals surface area contributed by atoms with Crippen LogP contribution in [0.3, 0.4) is 0 Å². The first-order chi connectivity index (χ1) is 14.1. The Kier molecular flexibility index (Phi) is 8.04. The van der Waals surface area contributed by atoms with Crippen LogP contribution in [0.25, 0.3) is 0 Å². The molecule has 5 nitrogen and oxygen atoms in total. The normalized spacial score (nSPS) is 15.4. The van der Waals surface area contributed by atoms with Crippen LogP contribution >= 0.6 is 11.6 Å². The highest BCUT2D eigenvalue weighted by molar-refractivity contribution is 6.30. The topological polar surface area (TPSA) is 54.5 Å². The van der Waals surface area contributed by atoms with E-state index in [1.165, 1.54) is 5.56 Å². The molecule has 0 aliphatic carbocycles. The van der Waals surface area contributed by atoms with Crippen LogP contribution in [0.4, 0.5) is 0 Å². The third-order valence-corrected chi connectivity index (χ3v) is 5.67. The van der Waals surface area contributed by atoms with Gasteiger partial charge in [0.15, 0.2) is 0 Å². The monoisotopic (exact) mass is 415 g/mol. The second-order valence-electron chi connectivity index (χ2n) is 7.66. The lowest BCUT2D eigenvalue weighted by Gasteiger charge is -2.32. The molecular formula is C23H30ClN3O2. The Morgan fingerprint density at radius 1 is 1.21 bits per heavy atom. The molecule has 1 aromatic carbocycles. The van der Waals surface area contributed by atoms with Crippen LogP contribution in [0, 0.1) is 6.92 Å². The van der Waals surface area contributed by atoms with E-state index in [0.717, 1.165) is 55.3 Å². The van der Waals surface area contributed by atoms with Gasteiger partial charge >= 0.3 is 0 Å². The number of hydrogen-bond acceptors (Lipinski definition) is 4. The van der Waals surface area contributed by atoms with E-state index in [1.807, 2.05) is 31.2 Å². The van der Waals surface area contributed by atoms with Gasteiger partial charge in [0.25, 0.3) is 5.91 Å². The van der Waals surface area contributed by atoms with Crippen molar-refractivity contribution in [1.82, 2.24) is 15.2 Å². The molecule has 0 atom stereocenters. The summed E-state index contributed by atoms with van der Waals surface area (Å²) in [6, 6.07) is 11.9. The van der Waals surface area contributed by atoms with E-state index in [0.29, 0.717) is 24.6 Å². The Hall–Kier alpha value is -1.95. The Balaban J connectivity index is 1.61. The molecule has 1 aliphatic heterocycles. The van der Waals surface area contributed by atoms with Crippen molar-refractivity contribution in [1.29, 1.82) is 0 Å². The third kappa shape index (κ3) is 6.26. The number of halogens is 1. The van der Waals surface area contributed by atoms with Gasteiger partial charge in [-0.15, -0.1) is 0 Å². The number of aryl methyl sites for hydroxylation is 1. The maximum atomic E-state index is 12.7. The number of pyridine rings is 1. The molecule has 1 aliphatic rings. The number of hydrogen-bond donors (Lipinski definition) is 1. The Bertz CT molecular complexity index is 802. The van der Waals surface area contributed by atoms with E-state index < -0.39 is 0 Å². The number of benzene rings is 1. The minimum Gasteiger partial charge on any atom is -0.385 e. The highest BCUT2D eigenvalue weighted by Gasteiger charge is 2.26. The zero-order valence-electron chi connectivity index (χ0n) is 17.3. The number of carbonyl (C=O) groups excluding carboxylic acids is 1. The average molecular weight is 416 g/mol. The SMILES string of the molecule is COCCCNC(=O)c1ccc(C)nc1C1CCN(Cc2ccc(Cl)cc2)CC1. The molecule has 0 saturated carbocycles. The number of carbonyl (C=O) groups is 1. The number of amides is 1. The molecule has 0 bridgehead atoms. The number of ether oxygens (including phenoxy) is 1. The van der Waals surface area contributed by atoms with E-state index in [-0.39, 0.29) is 5.91 Å². The molecule has 0 radical (unpaired) electrons. The summed E-state index contributed by atoms with van der Waals surface area (Å²) in [6.45, 7) is 6.16. The fourth-order valence-electron chi connectivity index (χ4n) is 3.81. The summed E-state index contributed by atoms with van der Waals surface area (Å²) in [5.41, 5.74) is 3.89. The summed E-state index contributed by atoms with van der Waals surface area (Å²) in [7, 11) is 1.67. The molecule has 1 N–H and O–H groups in total.